The Morgan fingerprint density at radius 1 is 1.69 bits per heavy atom. The van der Waals surface area contributed by atoms with Crippen molar-refractivity contribution in [3.8, 4) is 0 Å². The number of aliphatic carboxylic acids is 1. The normalized spacial score (nSPS) is 14.7. The molecule has 2 atom stereocenters. The van der Waals surface area contributed by atoms with E-state index in [1.165, 1.54) is 16.4 Å². The molecule has 0 saturated heterocycles. The summed E-state index contributed by atoms with van der Waals surface area (Å²) in [6.45, 7) is 0. The lowest BCUT2D eigenvalue weighted by Crippen LogP contribution is -2.34. The number of aliphatic hydroxyl groups excluding tert-OH is 1. The number of aliphatic hydroxyl groups is 1. The van der Waals surface area contributed by atoms with Crippen LogP contribution in [0.5, 0.6) is 0 Å². The zero-order valence-corrected chi connectivity index (χ0v) is 9.46. The van der Waals surface area contributed by atoms with Gasteiger partial charge in [0.05, 0.1) is 6.10 Å². The van der Waals surface area contributed by atoms with Gasteiger partial charge in [0.1, 0.15) is 6.04 Å². The standard InChI is InChI=1S/C7H13N5O3S/c1-12-7(9-10-11-12)16-3-4(13)2-5(8)6(14)15/h4-5,13H,2-3,8H2,1H3,(H,14,15). The van der Waals surface area contributed by atoms with Gasteiger partial charge in [-0.05, 0) is 16.8 Å². The summed E-state index contributed by atoms with van der Waals surface area (Å²) in [5.74, 6) is -0.820. The maximum atomic E-state index is 10.4. The number of hydrogen-bond donors (Lipinski definition) is 3. The van der Waals surface area contributed by atoms with Crippen molar-refractivity contribution in [1.29, 1.82) is 0 Å². The van der Waals surface area contributed by atoms with Crippen molar-refractivity contribution in [2.45, 2.75) is 23.7 Å². The lowest BCUT2D eigenvalue weighted by Gasteiger charge is -2.12. The number of aryl methyl sites for hydroxylation is 1. The van der Waals surface area contributed by atoms with Crippen LogP contribution in [-0.4, -0.2) is 54.3 Å². The highest BCUT2D eigenvalue weighted by molar-refractivity contribution is 7.99. The predicted molar refractivity (Wildman–Crippen MR) is 55.8 cm³/mol. The lowest BCUT2D eigenvalue weighted by molar-refractivity contribution is -0.139. The molecule has 0 radical (unpaired) electrons. The van der Waals surface area contributed by atoms with E-state index in [2.05, 4.69) is 15.5 Å². The van der Waals surface area contributed by atoms with E-state index in [0.717, 1.165) is 0 Å². The first kappa shape index (κ1) is 12.9. The Morgan fingerprint density at radius 2 is 2.38 bits per heavy atom. The van der Waals surface area contributed by atoms with Crippen LogP contribution in [0.2, 0.25) is 0 Å². The number of nitrogens with zero attached hydrogens (tertiary/aromatic N) is 4. The van der Waals surface area contributed by atoms with Crippen molar-refractivity contribution in [3.05, 3.63) is 0 Å². The molecule has 1 aromatic heterocycles. The third-order valence-electron chi connectivity index (χ3n) is 1.83. The number of carbonyl (C=O) groups is 1. The molecule has 2 unspecified atom stereocenters. The van der Waals surface area contributed by atoms with Crippen molar-refractivity contribution >= 4 is 17.7 Å². The molecule has 1 heterocycles. The van der Waals surface area contributed by atoms with Gasteiger partial charge >= 0.3 is 5.97 Å². The van der Waals surface area contributed by atoms with Crippen LogP contribution in [0.4, 0.5) is 0 Å². The van der Waals surface area contributed by atoms with Crippen molar-refractivity contribution in [3.63, 3.8) is 0 Å². The molecule has 90 valence electrons. The topological polar surface area (TPSA) is 127 Å². The van der Waals surface area contributed by atoms with Crippen LogP contribution >= 0.6 is 11.8 Å². The summed E-state index contributed by atoms with van der Waals surface area (Å²) in [4.78, 5) is 10.4. The molecule has 1 aromatic rings. The largest absolute Gasteiger partial charge is 0.480 e. The average molecular weight is 247 g/mol. The molecule has 0 aliphatic carbocycles. The summed E-state index contributed by atoms with van der Waals surface area (Å²) in [5.41, 5.74) is 5.28. The molecule has 0 fully saturated rings. The van der Waals surface area contributed by atoms with Gasteiger partial charge in [0.2, 0.25) is 5.16 Å². The summed E-state index contributed by atoms with van der Waals surface area (Å²) >= 11 is 1.24. The minimum atomic E-state index is -1.12. The van der Waals surface area contributed by atoms with Gasteiger partial charge in [-0.3, -0.25) is 4.79 Å². The molecule has 4 N–H and O–H groups in total. The molecular weight excluding hydrogens is 234 g/mol. The summed E-state index contributed by atoms with van der Waals surface area (Å²) in [7, 11) is 1.68. The van der Waals surface area contributed by atoms with Crippen LogP contribution in [-0.2, 0) is 11.8 Å². The second-order valence-electron chi connectivity index (χ2n) is 3.23. The Bertz CT molecular complexity index is 358. The quantitative estimate of drug-likeness (QED) is 0.516. The van der Waals surface area contributed by atoms with Crippen molar-refractivity contribution in [2.75, 3.05) is 5.75 Å². The third-order valence-corrected chi connectivity index (χ3v) is 2.98. The number of carboxylic acid groups (broad SMARTS) is 1. The van der Waals surface area contributed by atoms with Crippen LogP contribution in [0.3, 0.4) is 0 Å². The Hall–Kier alpha value is -1.19. The molecule has 0 saturated carbocycles. The van der Waals surface area contributed by atoms with Crippen LogP contribution in [0.25, 0.3) is 0 Å². The van der Waals surface area contributed by atoms with Crippen LogP contribution in [0.15, 0.2) is 5.16 Å². The molecule has 9 heteroatoms. The van der Waals surface area contributed by atoms with Crippen molar-refractivity contribution in [1.82, 2.24) is 20.2 Å². The van der Waals surface area contributed by atoms with E-state index in [-0.39, 0.29) is 6.42 Å². The van der Waals surface area contributed by atoms with Gasteiger partial charge in [-0.2, -0.15) is 0 Å². The van der Waals surface area contributed by atoms with Crippen LogP contribution < -0.4 is 5.73 Å². The molecular formula is C7H13N5O3S. The maximum Gasteiger partial charge on any atom is 0.320 e. The summed E-state index contributed by atoms with van der Waals surface area (Å²) < 4.78 is 1.47. The first-order chi connectivity index (χ1) is 7.50. The highest BCUT2D eigenvalue weighted by Gasteiger charge is 2.17. The van der Waals surface area contributed by atoms with Gasteiger partial charge in [0, 0.05) is 12.8 Å². The number of nitrogens with two attached hydrogens (primary N) is 1. The molecule has 0 amide bonds. The second kappa shape index (κ2) is 5.77. The van der Waals surface area contributed by atoms with Crippen molar-refractivity contribution in [2.24, 2.45) is 12.8 Å². The summed E-state index contributed by atoms with van der Waals surface area (Å²) in [5, 5.41) is 29.4. The van der Waals surface area contributed by atoms with Gasteiger partial charge < -0.3 is 15.9 Å². The van der Waals surface area contributed by atoms with E-state index < -0.39 is 18.1 Å². The van der Waals surface area contributed by atoms with E-state index in [1.807, 2.05) is 0 Å². The molecule has 0 aliphatic rings. The lowest BCUT2D eigenvalue weighted by atomic mass is 10.1. The zero-order chi connectivity index (χ0) is 12.1. The summed E-state index contributed by atoms with van der Waals surface area (Å²) in [6.07, 6.45) is -0.791. The SMILES string of the molecule is Cn1nnnc1SCC(O)CC(N)C(=O)O. The second-order valence-corrected chi connectivity index (χ2v) is 4.22. The smallest absolute Gasteiger partial charge is 0.320 e. The number of tetrazole rings is 1. The van der Waals surface area contributed by atoms with E-state index >= 15 is 0 Å². The number of carboxylic acids is 1. The number of rotatable bonds is 6. The van der Waals surface area contributed by atoms with Crippen LogP contribution in [0.1, 0.15) is 6.42 Å². The van der Waals surface area contributed by atoms with E-state index in [9.17, 15) is 9.90 Å². The first-order valence-electron chi connectivity index (χ1n) is 4.52. The number of hydrogen-bond acceptors (Lipinski definition) is 7. The minimum absolute atomic E-state index is 0.00755. The van der Waals surface area contributed by atoms with Gasteiger partial charge in [-0.25, -0.2) is 4.68 Å². The Balaban J connectivity index is 2.33. The van der Waals surface area contributed by atoms with Gasteiger partial charge in [-0.1, -0.05) is 11.8 Å². The van der Waals surface area contributed by atoms with E-state index in [1.54, 1.807) is 7.05 Å². The molecule has 0 aliphatic heterocycles. The Labute approximate surface area is 95.8 Å². The molecule has 8 nitrogen and oxygen atoms in total. The van der Waals surface area contributed by atoms with Gasteiger partial charge in [0.25, 0.3) is 0 Å². The molecule has 0 bridgehead atoms. The first-order valence-corrected chi connectivity index (χ1v) is 5.51. The number of thioether (sulfide) groups is 1. The van der Waals surface area contributed by atoms with E-state index in [0.29, 0.717) is 10.9 Å². The maximum absolute atomic E-state index is 10.4. The van der Waals surface area contributed by atoms with Crippen LogP contribution in [0, 0.1) is 0 Å². The Morgan fingerprint density at radius 3 is 2.88 bits per heavy atom. The van der Waals surface area contributed by atoms with Crippen molar-refractivity contribution < 1.29 is 15.0 Å². The fourth-order valence-electron chi connectivity index (χ4n) is 0.976. The highest BCUT2D eigenvalue weighted by atomic mass is 32.2. The molecule has 0 spiro atoms. The van der Waals surface area contributed by atoms with Gasteiger partial charge in [-0.15, -0.1) is 5.10 Å². The molecule has 1 rings (SSSR count). The minimum Gasteiger partial charge on any atom is -0.480 e. The fraction of sp³-hybridized carbons (Fsp3) is 0.714. The molecule has 0 aromatic carbocycles. The number of aromatic nitrogens is 4. The highest BCUT2D eigenvalue weighted by Crippen LogP contribution is 2.15. The Kier molecular flexibility index (Phi) is 4.65. The molecule has 16 heavy (non-hydrogen) atoms. The van der Waals surface area contributed by atoms with E-state index in [4.69, 9.17) is 10.8 Å². The fourth-order valence-corrected chi connectivity index (χ4v) is 1.77. The predicted octanol–water partition coefficient (Wildman–Crippen LogP) is -1.53. The summed E-state index contributed by atoms with van der Waals surface area (Å²) in [6, 6.07) is -1.05. The monoisotopic (exact) mass is 247 g/mol. The van der Waals surface area contributed by atoms with Gasteiger partial charge in [0.15, 0.2) is 0 Å². The third kappa shape index (κ3) is 3.76. The average Bonchev–Trinajstić information content (AvgIpc) is 2.61. The zero-order valence-electron chi connectivity index (χ0n) is 8.65.